The topological polar surface area (TPSA) is 92.4 Å². The van der Waals surface area contributed by atoms with E-state index in [1.807, 2.05) is 19.1 Å². The van der Waals surface area contributed by atoms with E-state index in [2.05, 4.69) is 10.5 Å². The van der Waals surface area contributed by atoms with Crippen molar-refractivity contribution in [1.82, 2.24) is 10.5 Å². The Kier molecular flexibility index (Phi) is 4.02. The summed E-state index contributed by atoms with van der Waals surface area (Å²) in [6.07, 6.45) is 0.333. The van der Waals surface area contributed by atoms with Crippen LogP contribution in [-0.2, 0) is 16.0 Å². The number of carboxylic acid groups (broad SMARTS) is 1. The van der Waals surface area contributed by atoms with Crippen LogP contribution < -0.4 is 5.32 Å². The zero-order chi connectivity index (χ0) is 14.7. The van der Waals surface area contributed by atoms with E-state index in [0.29, 0.717) is 17.7 Å². The molecule has 2 N–H and O–H groups in total. The molecule has 2 aromatic rings. The number of nitrogens with one attached hydrogen (secondary N) is 1. The number of aryl methyl sites for hydroxylation is 1. The van der Waals surface area contributed by atoms with Gasteiger partial charge in [0.1, 0.15) is 11.7 Å². The van der Waals surface area contributed by atoms with Gasteiger partial charge < -0.3 is 14.9 Å². The normalized spacial score (nSPS) is 12.3. The molecule has 0 aliphatic carbocycles. The van der Waals surface area contributed by atoms with Gasteiger partial charge in [-0.1, -0.05) is 23.7 Å². The van der Waals surface area contributed by atoms with E-state index in [1.165, 1.54) is 0 Å². The highest BCUT2D eigenvalue weighted by molar-refractivity contribution is 5.88. The van der Waals surface area contributed by atoms with E-state index in [4.69, 9.17) is 9.63 Å². The molecule has 1 atom stereocenters. The van der Waals surface area contributed by atoms with Crippen LogP contribution in [0.25, 0.3) is 11.0 Å². The van der Waals surface area contributed by atoms with Gasteiger partial charge in [0.15, 0.2) is 5.58 Å². The van der Waals surface area contributed by atoms with Crippen molar-refractivity contribution in [2.75, 3.05) is 0 Å². The number of benzene rings is 1. The number of hydrogen-bond donors (Lipinski definition) is 2. The van der Waals surface area contributed by atoms with Gasteiger partial charge in [-0.05, 0) is 25.5 Å². The highest BCUT2D eigenvalue weighted by atomic mass is 16.5. The van der Waals surface area contributed by atoms with Crippen LogP contribution in [0.1, 0.15) is 24.6 Å². The molecule has 0 saturated heterocycles. The summed E-state index contributed by atoms with van der Waals surface area (Å²) in [6, 6.07) is 4.71. The van der Waals surface area contributed by atoms with E-state index in [1.54, 1.807) is 13.0 Å². The molecule has 0 radical (unpaired) electrons. The van der Waals surface area contributed by atoms with Crippen LogP contribution in [0.2, 0.25) is 0 Å². The van der Waals surface area contributed by atoms with Crippen molar-refractivity contribution in [3.05, 3.63) is 29.5 Å². The van der Waals surface area contributed by atoms with Crippen molar-refractivity contribution in [3.63, 3.8) is 0 Å². The summed E-state index contributed by atoms with van der Waals surface area (Å²) in [5, 5.41) is 16.0. The summed E-state index contributed by atoms with van der Waals surface area (Å²) in [4.78, 5) is 22.7. The maximum absolute atomic E-state index is 11.9. The minimum absolute atomic E-state index is 0.000231. The summed E-state index contributed by atoms with van der Waals surface area (Å²) < 4.78 is 5.14. The van der Waals surface area contributed by atoms with E-state index >= 15 is 0 Å². The van der Waals surface area contributed by atoms with Gasteiger partial charge >= 0.3 is 5.97 Å². The predicted molar refractivity (Wildman–Crippen MR) is 72.3 cm³/mol. The fraction of sp³-hybridized carbons (Fsp3) is 0.357. The third-order valence-corrected chi connectivity index (χ3v) is 3.07. The van der Waals surface area contributed by atoms with E-state index in [9.17, 15) is 9.59 Å². The van der Waals surface area contributed by atoms with Crippen LogP contribution in [0, 0.1) is 6.92 Å². The number of amides is 1. The van der Waals surface area contributed by atoms with Gasteiger partial charge in [-0.15, -0.1) is 0 Å². The number of aromatic nitrogens is 1. The van der Waals surface area contributed by atoms with Gasteiger partial charge in [-0.3, -0.25) is 4.79 Å². The zero-order valence-corrected chi connectivity index (χ0v) is 11.3. The van der Waals surface area contributed by atoms with Crippen LogP contribution >= 0.6 is 0 Å². The zero-order valence-electron chi connectivity index (χ0n) is 11.3. The molecule has 1 heterocycles. The van der Waals surface area contributed by atoms with Crippen LogP contribution in [0.3, 0.4) is 0 Å². The third kappa shape index (κ3) is 2.96. The Balaban J connectivity index is 2.14. The lowest BCUT2D eigenvalue weighted by Crippen LogP contribution is -2.41. The number of nitrogens with zero attached hydrogens (tertiary/aromatic N) is 1. The molecule has 1 unspecified atom stereocenters. The number of fused-ring (bicyclic) bond motifs is 1. The van der Waals surface area contributed by atoms with Crippen LogP contribution in [-0.4, -0.2) is 28.2 Å². The standard InChI is InChI=1S/C14H16N2O4/c1-3-10(14(18)19)15-13(17)7-11-9-6-8(2)4-5-12(9)20-16-11/h4-6,10H,3,7H2,1-2H3,(H,15,17)(H,18,19). The second kappa shape index (κ2) is 5.73. The molecular weight excluding hydrogens is 260 g/mol. The minimum Gasteiger partial charge on any atom is -0.480 e. The van der Waals surface area contributed by atoms with Gasteiger partial charge in [0.05, 0.1) is 6.42 Å². The Hall–Kier alpha value is -2.37. The summed E-state index contributed by atoms with van der Waals surface area (Å²) in [5.41, 5.74) is 2.17. The van der Waals surface area contributed by atoms with E-state index < -0.39 is 12.0 Å². The first kappa shape index (κ1) is 14.0. The van der Waals surface area contributed by atoms with Crippen molar-refractivity contribution in [2.24, 2.45) is 0 Å². The predicted octanol–water partition coefficient (Wildman–Crippen LogP) is 1.66. The minimum atomic E-state index is -1.04. The molecule has 0 aliphatic rings. The monoisotopic (exact) mass is 276 g/mol. The van der Waals surface area contributed by atoms with Gasteiger partial charge in [0, 0.05) is 5.39 Å². The van der Waals surface area contributed by atoms with Gasteiger partial charge in [-0.25, -0.2) is 4.79 Å². The van der Waals surface area contributed by atoms with Crippen molar-refractivity contribution in [3.8, 4) is 0 Å². The first-order chi connectivity index (χ1) is 9.51. The number of rotatable bonds is 5. The first-order valence-electron chi connectivity index (χ1n) is 6.38. The molecule has 20 heavy (non-hydrogen) atoms. The highest BCUT2D eigenvalue weighted by Gasteiger charge is 2.19. The smallest absolute Gasteiger partial charge is 0.326 e. The molecule has 106 valence electrons. The Labute approximate surface area is 115 Å². The lowest BCUT2D eigenvalue weighted by Gasteiger charge is -2.11. The van der Waals surface area contributed by atoms with Crippen molar-refractivity contribution < 1.29 is 19.2 Å². The molecule has 1 aromatic heterocycles. The lowest BCUT2D eigenvalue weighted by atomic mass is 10.1. The lowest BCUT2D eigenvalue weighted by molar-refractivity contribution is -0.141. The average molecular weight is 276 g/mol. The third-order valence-electron chi connectivity index (χ3n) is 3.07. The Morgan fingerprint density at radius 3 is 2.85 bits per heavy atom. The number of carbonyl (C=O) groups is 2. The molecule has 6 nitrogen and oxygen atoms in total. The largest absolute Gasteiger partial charge is 0.480 e. The molecule has 0 aliphatic heterocycles. The fourth-order valence-electron chi connectivity index (χ4n) is 1.97. The summed E-state index contributed by atoms with van der Waals surface area (Å²) in [6.45, 7) is 3.64. The number of carboxylic acids is 1. The second-order valence-electron chi connectivity index (χ2n) is 4.67. The maximum atomic E-state index is 11.9. The van der Waals surface area contributed by atoms with E-state index in [-0.39, 0.29) is 12.3 Å². The van der Waals surface area contributed by atoms with Crippen molar-refractivity contribution >= 4 is 22.8 Å². The number of aliphatic carboxylic acids is 1. The van der Waals surface area contributed by atoms with Crippen molar-refractivity contribution in [1.29, 1.82) is 0 Å². The number of hydrogen-bond acceptors (Lipinski definition) is 4. The second-order valence-corrected chi connectivity index (χ2v) is 4.67. The molecule has 0 bridgehead atoms. The quantitative estimate of drug-likeness (QED) is 0.866. The Morgan fingerprint density at radius 1 is 1.45 bits per heavy atom. The Morgan fingerprint density at radius 2 is 2.20 bits per heavy atom. The van der Waals surface area contributed by atoms with Crippen molar-refractivity contribution in [2.45, 2.75) is 32.7 Å². The van der Waals surface area contributed by atoms with Crippen LogP contribution in [0.5, 0.6) is 0 Å². The summed E-state index contributed by atoms with van der Waals surface area (Å²) in [7, 11) is 0. The maximum Gasteiger partial charge on any atom is 0.326 e. The van der Waals surface area contributed by atoms with E-state index in [0.717, 1.165) is 10.9 Å². The van der Waals surface area contributed by atoms with Gasteiger partial charge in [0.25, 0.3) is 0 Å². The average Bonchev–Trinajstić information content (AvgIpc) is 2.78. The van der Waals surface area contributed by atoms with Gasteiger partial charge in [-0.2, -0.15) is 0 Å². The molecule has 2 rings (SSSR count). The molecule has 1 aromatic carbocycles. The fourth-order valence-corrected chi connectivity index (χ4v) is 1.97. The SMILES string of the molecule is CCC(NC(=O)Cc1noc2ccc(C)cc12)C(=O)O. The molecule has 0 saturated carbocycles. The highest BCUT2D eigenvalue weighted by Crippen LogP contribution is 2.20. The summed E-state index contributed by atoms with van der Waals surface area (Å²) >= 11 is 0. The molecular formula is C14H16N2O4. The molecule has 0 fully saturated rings. The molecule has 1 amide bonds. The number of carbonyl (C=O) groups excluding carboxylic acids is 1. The first-order valence-corrected chi connectivity index (χ1v) is 6.38. The summed E-state index contributed by atoms with van der Waals surface area (Å²) in [5.74, 6) is -1.42. The van der Waals surface area contributed by atoms with Gasteiger partial charge in [0.2, 0.25) is 5.91 Å². The van der Waals surface area contributed by atoms with Crippen LogP contribution in [0.4, 0.5) is 0 Å². The molecule has 0 spiro atoms. The Bertz CT molecular complexity index is 648. The van der Waals surface area contributed by atoms with Crippen LogP contribution in [0.15, 0.2) is 22.7 Å². The molecule has 6 heteroatoms.